The summed E-state index contributed by atoms with van der Waals surface area (Å²) < 4.78 is 40.5. The van der Waals surface area contributed by atoms with Crippen molar-refractivity contribution >= 4 is 11.2 Å². The molecule has 0 radical (unpaired) electrons. The number of aromatic nitrogens is 3. The van der Waals surface area contributed by atoms with Crippen LogP contribution in [-0.2, 0) is 7.05 Å². The van der Waals surface area contributed by atoms with Gasteiger partial charge in [0.1, 0.15) is 11.6 Å². The first-order valence-electron chi connectivity index (χ1n) is 5.93. The third-order valence-corrected chi connectivity index (χ3v) is 3.15. The van der Waals surface area contributed by atoms with Gasteiger partial charge in [-0.15, -0.1) is 0 Å². The first kappa shape index (κ1) is 12.7. The van der Waals surface area contributed by atoms with Gasteiger partial charge in [-0.25, -0.2) is 23.1 Å². The van der Waals surface area contributed by atoms with E-state index in [0.717, 1.165) is 17.6 Å². The van der Waals surface area contributed by atoms with Gasteiger partial charge in [0.05, 0.1) is 11.1 Å². The van der Waals surface area contributed by atoms with Crippen molar-refractivity contribution in [2.24, 2.45) is 7.05 Å². The lowest BCUT2D eigenvalue weighted by Crippen LogP contribution is -1.95. The second-order valence-electron chi connectivity index (χ2n) is 4.38. The number of alkyl halides is 2. The minimum atomic E-state index is -2.83. The second kappa shape index (κ2) is 4.63. The summed E-state index contributed by atoms with van der Waals surface area (Å²) in [6.45, 7) is 0. The number of hydrogen-bond donors (Lipinski definition) is 0. The summed E-state index contributed by atoms with van der Waals surface area (Å²) in [5, 5.41) is 0. The van der Waals surface area contributed by atoms with Crippen molar-refractivity contribution in [2.75, 3.05) is 0 Å². The van der Waals surface area contributed by atoms with Crippen molar-refractivity contribution in [2.45, 2.75) is 6.43 Å². The minimum absolute atomic E-state index is 0.437. The average Bonchev–Trinajstić information content (AvgIpc) is 2.76. The van der Waals surface area contributed by atoms with Crippen molar-refractivity contribution < 1.29 is 13.2 Å². The molecule has 6 heteroatoms. The van der Waals surface area contributed by atoms with Crippen LogP contribution in [0.1, 0.15) is 12.0 Å². The van der Waals surface area contributed by atoms with Crippen LogP contribution in [0, 0.1) is 5.82 Å². The Morgan fingerprint density at radius 2 is 2.00 bits per heavy atom. The van der Waals surface area contributed by atoms with Gasteiger partial charge in [0.15, 0.2) is 5.65 Å². The van der Waals surface area contributed by atoms with Gasteiger partial charge in [-0.05, 0) is 24.3 Å². The van der Waals surface area contributed by atoms with E-state index in [4.69, 9.17) is 0 Å². The van der Waals surface area contributed by atoms with Gasteiger partial charge in [0.2, 0.25) is 0 Å². The van der Waals surface area contributed by atoms with Gasteiger partial charge in [0, 0.05) is 18.8 Å². The molecule has 0 saturated heterocycles. The summed E-state index contributed by atoms with van der Waals surface area (Å²) in [4.78, 5) is 8.41. The minimum Gasteiger partial charge on any atom is -0.326 e. The molecule has 3 nitrogen and oxygen atoms in total. The summed E-state index contributed by atoms with van der Waals surface area (Å²) in [5.74, 6) is -0.448. The van der Waals surface area contributed by atoms with E-state index in [1.54, 1.807) is 23.9 Å². The molecule has 0 bridgehead atoms. The lowest BCUT2D eigenvalue weighted by Gasteiger charge is -2.05. The number of imidazole rings is 1. The molecular formula is C14H10F3N3. The van der Waals surface area contributed by atoms with E-state index in [1.807, 2.05) is 6.07 Å². The summed E-state index contributed by atoms with van der Waals surface area (Å²) in [5.41, 5.74) is 1.15. The third kappa shape index (κ3) is 1.93. The van der Waals surface area contributed by atoms with Gasteiger partial charge in [0.25, 0.3) is 6.43 Å². The number of pyridine rings is 1. The first-order valence-corrected chi connectivity index (χ1v) is 5.93. The van der Waals surface area contributed by atoms with Crippen molar-refractivity contribution in [1.82, 2.24) is 14.5 Å². The molecule has 0 N–H and O–H groups in total. The molecule has 0 aliphatic carbocycles. The molecule has 0 unspecified atom stereocenters. The Hall–Kier alpha value is -2.37. The molecule has 3 aromatic rings. The van der Waals surface area contributed by atoms with E-state index in [9.17, 15) is 13.2 Å². The third-order valence-electron chi connectivity index (χ3n) is 3.15. The summed E-state index contributed by atoms with van der Waals surface area (Å²) in [6, 6.07) is 7.20. The van der Waals surface area contributed by atoms with Crippen molar-refractivity contribution in [3.8, 4) is 11.4 Å². The highest BCUT2D eigenvalue weighted by molar-refractivity contribution is 5.77. The van der Waals surface area contributed by atoms with E-state index in [1.165, 1.54) is 6.07 Å². The number of rotatable bonds is 2. The summed E-state index contributed by atoms with van der Waals surface area (Å²) in [6.07, 6.45) is -1.22. The van der Waals surface area contributed by atoms with E-state index >= 15 is 0 Å². The van der Waals surface area contributed by atoms with E-state index in [2.05, 4.69) is 9.97 Å². The van der Waals surface area contributed by atoms with Crippen LogP contribution in [0.2, 0.25) is 0 Å². The van der Waals surface area contributed by atoms with Crippen LogP contribution in [0.25, 0.3) is 22.6 Å². The predicted molar refractivity (Wildman–Crippen MR) is 68.9 cm³/mol. The van der Waals surface area contributed by atoms with Crippen LogP contribution in [0.3, 0.4) is 0 Å². The van der Waals surface area contributed by atoms with Gasteiger partial charge < -0.3 is 4.57 Å². The van der Waals surface area contributed by atoms with Crippen molar-refractivity contribution in [3.63, 3.8) is 0 Å². The summed E-state index contributed by atoms with van der Waals surface area (Å²) in [7, 11) is 1.77. The number of nitrogens with zero attached hydrogens (tertiary/aromatic N) is 3. The second-order valence-corrected chi connectivity index (χ2v) is 4.38. The molecule has 20 heavy (non-hydrogen) atoms. The monoisotopic (exact) mass is 277 g/mol. The maximum atomic E-state index is 13.6. The average molecular weight is 277 g/mol. The molecular weight excluding hydrogens is 267 g/mol. The largest absolute Gasteiger partial charge is 0.326 e. The normalized spacial score (nSPS) is 11.4. The molecule has 0 saturated carbocycles. The standard InChI is InChI=1S/C14H10F3N3/c1-20-11-3-2-6-18-13(11)19-14(20)8-4-5-9(12(16)17)10(15)7-8/h2-7,12H,1H3. The predicted octanol–water partition coefficient (Wildman–Crippen LogP) is 3.71. The summed E-state index contributed by atoms with van der Waals surface area (Å²) >= 11 is 0. The lowest BCUT2D eigenvalue weighted by molar-refractivity contribution is 0.146. The molecule has 0 fully saturated rings. The maximum absolute atomic E-state index is 13.6. The van der Waals surface area contributed by atoms with Gasteiger partial charge in [-0.1, -0.05) is 6.07 Å². The molecule has 3 rings (SSSR count). The fraction of sp³-hybridized carbons (Fsp3) is 0.143. The number of halogens is 3. The van der Waals surface area contributed by atoms with Gasteiger partial charge >= 0.3 is 0 Å². The molecule has 0 amide bonds. The maximum Gasteiger partial charge on any atom is 0.266 e. The Labute approximate surface area is 112 Å². The fourth-order valence-corrected chi connectivity index (χ4v) is 2.13. The van der Waals surface area contributed by atoms with Gasteiger partial charge in [-0.3, -0.25) is 0 Å². The molecule has 2 aromatic heterocycles. The topological polar surface area (TPSA) is 30.7 Å². The van der Waals surface area contributed by atoms with Crippen LogP contribution in [0.4, 0.5) is 13.2 Å². The van der Waals surface area contributed by atoms with Crippen molar-refractivity contribution in [3.05, 3.63) is 47.9 Å². The van der Waals surface area contributed by atoms with Crippen LogP contribution < -0.4 is 0 Å². The molecule has 0 atom stereocenters. The van der Waals surface area contributed by atoms with Gasteiger partial charge in [-0.2, -0.15) is 0 Å². The van der Waals surface area contributed by atoms with E-state index < -0.39 is 17.8 Å². The highest BCUT2D eigenvalue weighted by Gasteiger charge is 2.16. The fourth-order valence-electron chi connectivity index (χ4n) is 2.13. The number of hydrogen-bond acceptors (Lipinski definition) is 2. The molecule has 0 aliphatic heterocycles. The van der Waals surface area contributed by atoms with E-state index in [-0.39, 0.29) is 0 Å². The lowest BCUT2D eigenvalue weighted by atomic mass is 10.1. The SMILES string of the molecule is Cn1c(-c2ccc(C(F)F)c(F)c2)nc2ncccc21. The zero-order chi connectivity index (χ0) is 14.3. The van der Waals surface area contributed by atoms with E-state index in [0.29, 0.717) is 17.0 Å². The Balaban J connectivity index is 2.16. The van der Waals surface area contributed by atoms with Crippen LogP contribution in [0.5, 0.6) is 0 Å². The number of benzene rings is 1. The number of aryl methyl sites for hydroxylation is 1. The Morgan fingerprint density at radius 3 is 2.65 bits per heavy atom. The molecule has 2 heterocycles. The molecule has 0 aliphatic rings. The van der Waals surface area contributed by atoms with Crippen LogP contribution >= 0.6 is 0 Å². The molecule has 0 spiro atoms. The zero-order valence-electron chi connectivity index (χ0n) is 10.5. The molecule has 1 aromatic carbocycles. The molecule has 102 valence electrons. The zero-order valence-corrected chi connectivity index (χ0v) is 10.5. The smallest absolute Gasteiger partial charge is 0.266 e. The quantitative estimate of drug-likeness (QED) is 0.715. The van der Waals surface area contributed by atoms with Crippen LogP contribution in [0.15, 0.2) is 36.5 Å². The number of fused-ring (bicyclic) bond motifs is 1. The Kier molecular flexibility index (Phi) is 2.93. The Bertz CT molecular complexity index is 780. The Morgan fingerprint density at radius 1 is 1.20 bits per heavy atom. The van der Waals surface area contributed by atoms with Crippen LogP contribution in [-0.4, -0.2) is 14.5 Å². The van der Waals surface area contributed by atoms with Crippen molar-refractivity contribution in [1.29, 1.82) is 0 Å². The highest BCUT2D eigenvalue weighted by atomic mass is 19.3. The highest BCUT2D eigenvalue weighted by Crippen LogP contribution is 2.28. The first-order chi connectivity index (χ1) is 9.58.